The van der Waals surface area contributed by atoms with Gasteiger partial charge >= 0.3 is 0 Å². The summed E-state index contributed by atoms with van der Waals surface area (Å²) in [4.78, 5) is 15.0. The average Bonchev–Trinajstić information content (AvgIpc) is 3.28. The van der Waals surface area contributed by atoms with Crippen molar-refractivity contribution < 1.29 is 22.4 Å². The minimum atomic E-state index is -3.56. The lowest BCUT2D eigenvalue weighted by atomic mass is 10.2. The Morgan fingerprint density at radius 1 is 1.00 bits per heavy atom. The Morgan fingerprint density at radius 3 is 2.38 bits per heavy atom. The largest absolute Gasteiger partial charge is 0.489 e. The van der Waals surface area contributed by atoms with E-state index in [1.54, 1.807) is 18.2 Å². The van der Waals surface area contributed by atoms with Gasteiger partial charge in [-0.05, 0) is 49.5 Å². The standard InChI is InChI=1S/C23H25N3O5S/c1-25-12-14-26(15-13-25)32(28,29)21-9-7-19(8-10-21)24-23(27)22-18(11-16-30-22)17-31-20-5-3-2-4-6-20/h2-11,16H,12-15,17H2,1H3,(H,24,27). The van der Waals surface area contributed by atoms with Gasteiger partial charge in [0.15, 0.2) is 5.76 Å². The quantitative estimate of drug-likeness (QED) is 0.589. The summed E-state index contributed by atoms with van der Waals surface area (Å²) < 4.78 is 38.2. The topological polar surface area (TPSA) is 92.1 Å². The van der Waals surface area contributed by atoms with Crippen molar-refractivity contribution >= 4 is 21.6 Å². The molecule has 1 aromatic heterocycles. The third-order valence-corrected chi connectivity index (χ3v) is 7.22. The van der Waals surface area contributed by atoms with E-state index in [9.17, 15) is 13.2 Å². The van der Waals surface area contributed by atoms with E-state index in [0.29, 0.717) is 43.2 Å². The lowest BCUT2D eigenvalue weighted by Crippen LogP contribution is -2.46. The van der Waals surface area contributed by atoms with Gasteiger partial charge < -0.3 is 19.4 Å². The van der Waals surface area contributed by atoms with E-state index in [1.165, 1.54) is 22.7 Å². The average molecular weight is 456 g/mol. The molecule has 4 rings (SSSR count). The first-order chi connectivity index (χ1) is 15.4. The van der Waals surface area contributed by atoms with Gasteiger partial charge in [0, 0.05) is 37.4 Å². The Hall–Kier alpha value is -3.14. The number of amides is 1. The summed E-state index contributed by atoms with van der Waals surface area (Å²) in [5.74, 6) is 0.406. The van der Waals surface area contributed by atoms with E-state index in [0.717, 1.165) is 0 Å². The van der Waals surface area contributed by atoms with Crippen molar-refractivity contribution in [3.05, 3.63) is 78.3 Å². The van der Waals surface area contributed by atoms with E-state index in [-0.39, 0.29) is 17.3 Å². The Morgan fingerprint density at radius 2 is 1.69 bits per heavy atom. The second-order valence-corrected chi connectivity index (χ2v) is 9.50. The number of furan rings is 1. The summed E-state index contributed by atoms with van der Waals surface area (Å²) in [6, 6.07) is 17.1. The first kappa shape index (κ1) is 22.1. The third-order valence-electron chi connectivity index (χ3n) is 5.30. The lowest BCUT2D eigenvalue weighted by molar-refractivity contribution is 0.0993. The highest BCUT2D eigenvalue weighted by Gasteiger charge is 2.27. The number of carbonyl (C=O) groups is 1. The number of nitrogens with zero attached hydrogens (tertiary/aromatic N) is 2. The number of para-hydroxylation sites is 1. The van der Waals surface area contributed by atoms with Gasteiger partial charge in [0.25, 0.3) is 5.91 Å². The summed E-state index contributed by atoms with van der Waals surface area (Å²) in [7, 11) is -1.58. The number of hydrogen-bond acceptors (Lipinski definition) is 6. The fourth-order valence-corrected chi connectivity index (χ4v) is 4.82. The van der Waals surface area contributed by atoms with Crippen LogP contribution in [0.1, 0.15) is 16.1 Å². The van der Waals surface area contributed by atoms with E-state index >= 15 is 0 Å². The molecule has 1 N–H and O–H groups in total. The van der Waals surface area contributed by atoms with E-state index in [1.807, 2.05) is 37.4 Å². The van der Waals surface area contributed by atoms with E-state index in [2.05, 4.69) is 10.2 Å². The first-order valence-corrected chi connectivity index (χ1v) is 11.7. The highest BCUT2D eigenvalue weighted by Crippen LogP contribution is 2.21. The molecule has 2 aromatic carbocycles. The van der Waals surface area contributed by atoms with Crippen molar-refractivity contribution in [1.82, 2.24) is 9.21 Å². The number of hydrogen-bond donors (Lipinski definition) is 1. The van der Waals surface area contributed by atoms with Gasteiger partial charge in [-0.3, -0.25) is 4.79 Å². The van der Waals surface area contributed by atoms with Crippen LogP contribution in [0.25, 0.3) is 0 Å². The summed E-state index contributed by atoms with van der Waals surface area (Å²) in [6.07, 6.45) is 1.43. The number of ether oxygens (including phenoxy) is 1. The summed E-state index contributed by atoms with van der Waals surface area (Å²) >= 11 is 0. The minimum Gasteiger partial charge on any atom is -0.489 e. The van der Waals surface area contributed by atoms with Gasteiger partial charge in [-0.15, -0.1) is 0 Å². The Balaban J connectivity index is 1.40. The van der Waals surface area contributed by atoms with Crippen LogP contribution in [0.3, 0.4) is 0 Å². The predicted molar refractivity (Wildman–Crippen MR) is 120 cm³/mol. The van der Waals surface area contributed by atoms with Crippen molar-refractivity contribution in [2.24, 2.45) is 0 Å². The SMILES string of the molecule is CN1CCN(S(=O)(=O)c2ccc(NC(=O)c3occc3COc3ccccc3)cc2)CC1. The van der Waals surface area contributed by atoms with Gasteiger partial charge in [-0.25, -0.2) is 8.42 Å². The fraction of sp³-hybridized carbons (Fsp3) is 0.261. The molecule has 1 aliphatic heterocycles. The Kier molecular flexibility index (Phi) is 6.59. The van der Waals surface area contributed by atoms with Crippen molar-refractivity contribution in [2.75, 3.05) is 38.5 Å². The van der Waals surface area contributed by atoms with Crippen molar-refractivity contribution in [3.63, 3.8) is 0 Å². The second-order valence-electron chi connectivity index (χ2n) is 7.56. The van der Waals surface area contributed by atoms with Crippen LogP contribution in [0.2, 0.25) is 0 Å². The smallest absolute Gasteiger partial charge is 0.291 e. The second kappa shape index (κ2) is 9.56. The molecule has 9 heteroatoms. The van der Waals surface area contributed by atoms with Crippen LogP contribution in [-0.4, -0.2) is 56.8 Å². The molecule has 3 aromatic rings. The van der Waals surface area contributed by atoms with Gasteiger partial charge in [0.05, 0.1) is 11.2 Å². The molecule has 0 atom stereocenters. The molecule has 1 amide bonds. The number of piperazine rings is 1. The van der Waals surface area contributed by atoms with Gasteiger partial charge in [-0.2, -0.15) is 4.31 Å². The van der Waals surface area contributed by atoms with Gasteiger partial charge in [-0.1, -0.05) is 18.2 Å². The number of sulfonamides is 1. The van der Waals surface area contributed by atoms with Crippen LogP contribution < -0.4 is 10.1 Å². The summed E-state index contributed by atoms with van der Waals surface area (Å²) in [6.45, 7) is 2.51. The zero-order valence-electron chi connectivity index (χ0n) is 17.7. The highest BCUT2D eigenvalue weighted by atomic mass is 32.2. The van der Waals surface area contributed by atoms with Gasteiger partial charge in [0.1, 0.15) is 12.4 Å². The highest BCUT2D eigenvalue weighted by molar-refractivity contribution is 7.89. The molecule has 8 nitrogen and oxygen atoms in total. The molecular weight excluding hydrogens is 430 g/mol. The maximum Gasteiger partial charge on any atom is 0.291 e. The number of anilines is 1. The van der Waals surface area contributed by atoms with Crippen LogP contribution >= 0.6 is 0 Å². The first-order valence-electron chi connectivity index (χ1n) is 10.3. The Bertz CT molecular complexity index is 1150. The van der Waals surface area contributed by atoms with Crippen LogP contribution in [0, 0.1) is 0 Å². The van der Waals surface area contributed by atoms with Crippen LogP contribution in [0.4, 0.5) is 5.69 Å². The van der Waals surface area contributed by atoms with Crippen molar-refractivity contribution in [3.8, 4) is 5.75 Å². The molecule has 0 aliphatic carbocycles. The van der Waals surface area contributed by atoms with E-state index in [4.69, 9.17) is 9.15 Å². The maximum atomic E-state index is 12.8. The number of benzene rings is 2. The molecule has 0 radical (unpaired) electrons. The zero-order chi connectivity index (χ0) is 22.6. The molecule has 1 saturated heterocycles. The van der Waals surface area contributed by atoms with Crippen LogP contribution in [-0.2, 0) is 16.6 Å². The predicted octanol–water partition coefficient (Wildman–Crippen LogP) is 3.05. The number of nitrogens with one attached hydrogen (secondary N) is 1. The van der Waals surface area contributed by atoms with Crippen molar-refractivity contribution in [1.29, 1.82) is 0 Å². The van der Waals surface area contributed by atoms with E-state index < -0.39 is 15.9 Å². The van der Waals surface area contributed by atoms with Crippen molar-refractivity contribution in [2.45, 2.75) is 11.5 Å². The normalized spacial score (nSPS) is 15.4. The third kappa shape index (κ3) is 5.01. The summed E-state index contributed by atoms with van der Waals surface area (Å²) in [5.41, 5.74) is 1.08. The minimum absolute atomic E-state index is 0.148. The number of likely N-dealkylation sites (N-methyl/N-ethyl adjacent to an activating group) is 1. The fourth-order valence-electron chi connectivity index (χ4n) is 3.40. The molecule has 1 fully saturated rings. The maximum absolute atomic E-state index is 12.8. The van der Waals surface area contributed by atoms with Gasteiger partial charge in [0.2, 0.25) is 10.0 Å². The number of rotatable bonds is 7. The molecule has 32 heavy (non-hydrogen) atoms. The molecule has 0 unspecified atom stereocenters. The van der Waals surface area contributed by atoms with Crippen LogP contribution in [0.5, 0.6) is 5.75 Å². The molecule has 0 spiro atoms. The molecule has 1 aliphatic rings. The zero-order valence-corrected chi connectivity index (χ0v) is 18.5. The molecule has 168 valence electrons. The molecular formula is C23H25N3O5S. The Labute approximate surface area is 187 Å². The molecule has 0 bridgehead atoms. The lowest BCUT2D eigenvalue weighted by Gasteiger charge is -2.31. The monoisotopic (exact) mass is 455 g/mol. The number of carbonyl (C=O) groups excluding carboxylic acids is 1. The molecule has 2 heterocycles. The van der Waals surface area contributed by atoms with Crippen LogP contribution in [0.15, 0.2) is 76.2 Å². The molecule has 0 saturated carbocycles. The summed E-state index contributed by atoms with van der Waals surface area (Å²) in [5, 5.41) is 2.74.